The van der Waals surface area contributed by atoms with Crippen LogP contribution in [-0.2, 0) is 73.3 Å². The molecular weight excluding hydrogens is 839 g/mol. The molecule has 4 rings (SSSR count). The molecule has 0 fully saturated rings. The third-order valence-electron chi connectivity index (χ3n) is 9.23. The number of aryl methyl sites for hydroxylation is 4. The van der Waals surface area contributed by atoms with Crippen molar-refractivity contribution < 1.29 is 69.4 Å². The van der Waals surface area contributed by atoms with E-state index < -0.39 is 0 Å². The summed E-state index contributed by atoms with van der Waals surface area (Å²) < 4.78 is 0. The van der Waals surface area contributed by atoms with E-state index in [-0.39, 0.29) is 44.7 Å². The van der Waals surface area contributed by atoms with Crippen molar-refractivity contribution >= 4 is 18.6 Å². The van der Waals surface area contributed by atoms with Crippen LogP contribution >= 0.6 is 18.6 Å². The Morgan fingerprint density at radius 3 is 0.603 bits per heavy atom. The van der Waals surface area contributed by atoms with E-state index in [2.05, 4.69) is 102 Å². The van der Waals surface area contributed by atoms with Crippen LogP contribution in [0.2, 0.25) is 0 Å². The van der Waals surface area contributed by atoms with Crippen molar-refractivity contribution in [2.75, 3.05) is 14.2 Å². The van der Waals surface area contributed by atoms with Crippen molar-refractivity contribution in [3.05, 3.63) is 115 Å². The quantitative estimate of drug-likeness (QED) is 0.188. The molecule has 58 heavy (non-hydrogen) atoms. The Morgan fingerprint density at radius 1 is 0.345 bits per heavy atom. The van der Waals surface area contributed by atoms with Gasteiger partial charge in [-0.1, -0.05) is 176 Å². The molecule has 0 heterocycles. The van der Waals surface area contributed by atoms with Crippen LogP contribution in [0.4, 0.5) is 0 Å². The second-order valence-corrected chi connectivity index (χ2v) is 18.6. The van der Waals surface area contributed by atoms with Gasteiger partial charge in [-0.2, -0.15) is 14.2 Å². The summed E-state index contributed by atoms with van der Waals surface area (Å²) in [5.74, 6) is 0.264. The van der Waals surface area contributed by atoms with Gasteiger partial charge in [0.05, 0.1) is 0 Å². The predicted octanol–water partition coefficient (Wildman–Crippen LogP) is 8.60. The van der Waals surface area contributed by atoms with Crippen molar-refractivity contribution in [2.45, 2.75) is 145 Å². The fourth-order valence-electron chi connectivity index (χ4n) is 6.56. The van der Waals surface area contributed by atoms with Crippen LogP contribution in [0.1, 0.15) is 150 Å². The molecule has 4 aromatic rings. The first kappa shape index (κ1) is 58.1. The van der Waals surface area contributed by atoms with Crippen molar-refractivity contribution in [3.8, 4) is 23.0 Å². The average Bonchev–Trinajstić information content (AvgIpc) is 3.12. The predicted molar refractivity (Wildman–Crippen MR) is 226 cm³/mol. The monoisotopic (exact) mass is 904 g/mol. The molecule has 0 amide bonds. The Hall–Kier alpha value is -1.99. The van der Waals surface area contributed by atoms with Crippen molar-refractivity contribution in [2.24, 2.45) is 0 Å². The zero-order valence-corrected chi connectivity index (χ0v) is 42.9. The first-order valence-corrected chi connectivity index (χ1v) is 23.3. The molecule has 0 saturated heterocycles. The Labute approximate surface area is 383 Å². The summed E-state index contributed by atoms with van der Waals surface area (Å²) in [7, 11) is 10.8. The van der Waals surface area contributed by atoms with E-state index in [1.54, 1.807) is 0 Å². The zero-order chi connectivity index (χ0) is 46.3. The Balaban J connectivity index is 0. The van der Waals surface area contributed by atoms with Gasteiger partial charge in [-0.25, -0.2) is 0 Å². The second kappa shape index (κ2) is 25.1. The molecule has 316 valence electrons. The van der Waals surface area contributed by atoms with Gasteiger partial charge in [0.1, 0.15) is 0 Å². The molecule has 0 bridgehead atoms. The number of hydrogen-bond acceptors (Lipinski definition) is 6. The molecular formula is C48H66Cl2O6Ti2. The molecule has 0 unspecified atom stereocenters. The minimum absolute atomic E-state index is 0.0660. The van der Waals surface area contributed by atoms with Crippen LogP contribution in [0.5, 0.6) is 23.0 Å². The van der Waals surface area contributed by atoms with Crippen LogP contribution in [0, 0.1) is 27.7 Å². The van der Waals surface area contributed by atoms with Crippen molar-refractivity contribution in [1.82, 2.24) is 0 Å². The van der Waals surface area contributed by atoms with Gasteiger partial charge in [0.25, 0.3) is 0 Å². The molecule has 0 aromatic heterocycles. The molecule has 4 aromatic carbocycles. The first-order valence-electron chi connectivity index (χ1n) is 19.0. The third kappa shape index (κ3) is 17.2. The molecule has 0 saturated carbocycles. The molecule has 6 nitrogen and oxygen atoms in total. The number of halogens is 2. The van der Waals surface area contributed by atoms with Gasteiger partial charge in [-0.05, 0) is 84.5 Å². The van der Waals surface area contributed by atoms with Gasteiger partial charge in [0, 0.05) is 0 Å². The van der Waals surface area contributed by atoms with Crippen LogP contribution in [0.15, 0.2) is 48.5 Å². The Bertz CT molecular complexity index is 1610. The molecule has 0 spiro atoms. The minimum atomic E-state index is -0.207. The van der Waals surface area contributed by atoms with Crippen molar-refractivity contribution in [3.63, 3.8) is 0 Å². The fraction of sp³-hybridized carbons (Fsp3) is 0.500. The SMILES string of the molecule is C[O-].C[O-].Cc1cc(Cc2cc(C)cc(C(C)(C)C)c2[O-])c([O-])c(C(C)(C)C)c1.Cc1cc(Cc2cc(C)cc(C(C)(C)C)c2[O-])c([O-])c(C(C)(C)C)c1.[Cl][Ti+3].[Cl][Ti+3]. The van der Waals surface area contributed by atoms with Gasteiger partial charge in [-0.15, -0.1) is 23.0 Å². The van der Waals surface area contributed by atoms with E-state index in [4.69, 9.17) is 10.2 Å². The van der Waals surface area contributed by atoms with E-state index in [1.807, 2.05) is 76.2 Å². The van der Waals surface area contributed by atoms with Gasteiger partial charge in [-0.3, -0.25) is 0 Å². The van der Waals surface area contributed by atoms with Crippen molar-refractivity contribution in [1.29, 1.82) is 0 Å². The van der Waals surface area contributed by atoms with E-state index in [0.717, 1.165) is 58.7 Å². The molecule has 10 heteroatoms. The Kier molecular flexibility index (Phi) is 25.1. The average molecular weight is 906 g/mol. The summed E-state index contributed by atoms with van der Waals surface area (Å²) in [4.78, 5) is 0. The maximum absolute atomic E-state index is 12.9. The molecule has 0 aliphatic rings. The summed E-state index contributed by atoms with van der Waals surface area (Å²) in [6.07, 6.45) is 0.792. The van der Waals surface area contributed by atoms with Crippen LogP contribution < -0.4 is 30.6 Å². The van der Waals surface area contributed by atoms with E-state index in [9.17, 15) is 20.4 Å². The zero-order valence-electron chi connectivity index (χ0n) is 38.2. The van der Waals surface area contributed by atoms with Gasteiger partial charge >= 0.3 is 57.4 Å². The normalized spacial score (nSPS) is 11.2. The number of rotatable bonds is 4. The van der Waals surface area contributed by atoms with E-state index in [0.29, 0.717) is 35.1 Å². The third-order valence-corrected chi connectivity index (χ3v) is 9.23. The summed E-state index contributed by atoms with van der Waals surface area (Å²) in [5, 5.41) is 68.3. The molecule has 0 aliphatic heterocycles. The standard InChI is InChI=1S/2C23H32O2.2CH3O.2ClH.2Ti/c2*1-14-9-16(20(24)18(11-14)22(3,4)5)13-17-10-15(2)12-19(21(17)25)23(6,7)8;2*1-2;;;;/h2*9-12,24-25H,13H2,1-8H3;2*1H3;2*1H;;/q;;2*-1;;;2*+4/p-6. The summed E-state index contributed by atoms with van der Waals surface area (Å²) >= 11 is 2.94. The molecule has 0 aliphatic carbocycles. The molecule has 0 atom stereocenters. The topological polar surface area (TPSA) is 138 Å². The van der Waals surface area contributed by atoms with Gasteiger partial charge in [0.2, 0.25) is 0 Å². The summed E-state index contributed by atoms with van der Waals surface area (Å²) in [5.41, 5.74) is 9.57. The van der Waals surface area contributed by atoms with E-state index in [1.165, 1.54) is 38.7 Å². The number of benzene rings is 4. The molecule has 0 radical (unpaired) electrons. The van der Waals surface area contributed by atoms with Crippen LogP contribution in [0.25, 0.3) is 0 Å². The first-order chi connectivity index (χ1) is 26.6. The Morgan fingerprint density at radius 2 is 0.483 bits per heavy atom. The van der Waals surface area contributed by atoms with Crippen LogP contribution in [0.3, 0.4) is 0 Å². The summed E-state index contributed by atoms with van der Waals surface area (Å²) in [6.45, 7) is 32.7. The van der Waals surface area contributed by atoms with Gasteiger partial charge in [0.15, 0.2) is 0 Å². The fourth-order valence-corrected chi connectivity index (χ4v) is 6.56. The van der Waals surface area contributed by atoms with Gasteiger partial charge < -0.3 is 30.6 Å². The van der Waals surface area contributed by atoms with Crippen LogP contribution in [-0.4, -0.2) is 14.2 Å². The van der Waals surface area contributed by atoms with E-state index >= 15 is 0 Å². The maximum atomic E-state index is 12.9. The molecule has 0 N–H and O–H groups in total. The second-order valence-electron chi connectivity index (χ2n) is 18.6. The number of hydrogen-bond donors (Lipinski definition) is 0. The summed E-state index contributed by atoms with van der Waals surface area (Å²) in [6, 6.07) is 15.6.